The number of rotatable bonds is 2. The highest BCUT2D eigenvalue weighted by atomic mass is 35.5. The Balaban J connectivity index is 2.83. The van der Waals surface area contributed by atoms with Gasteiger partial charge in [-0.05, 0) is 35.4 Å². The first-order valence-corrected chi connectivity index (χ1v) is 6.00. The Morgan fingerprint density at radius 1 is 1.13 bits per heavy atom. The third-order valence-electron chi connectivity index (χ3n) is 2.43. The van der Waals surface area contributed by atoms with Gasteiger partial charge in [0.05, 0.1) is 10.0 Å². The first-order valence-electron chi connectivity index (χ1n) is 5.24. The Morgan fingerprint density at radius 2 is 1.73 bits per heavy atom. The van der Waals surface area contributed by atoms with Gasteiger partial charge in [0.2, 0.25) is 0 Å². The molecule has 0 bridgehead atoms. The summed E-state index contributed by atoms with van der Waals surface area (Å²) in [6.07, 6.45) is 1.14. The molecule has 15 heavy (non-hydrogen) atoms. The molecule has 1 aromatic rings. The van der Waals surface area contributed by atoms with Crippen molar-refractivity contribution in [3.05, 3.63) is 33.8 Å². The zero-order valence-corrected chi connectivity index (χ0v) is 11.3. The summed E-state index contributed by atoms with van der Waals surface area (Å²) in [5.74, 6) is 0.514. The molecule has 0 aliphatic carbocycles. The fourth-order valence-electron chi connectivity index (χ4n) is 1.86. The summed E-state index contributed by atoms with van der Waals surface area (Å²) in [6.45, 7) is 8.98. The van der Waals surface area contributed by atoms with Crippen molar-refractivity contribution in [3.8, 4) is 0 Å². The molecule has 0 fully saturated rings. The van der Waals surface area contributed by atoms with Gasteiger partial charge in [-0.3, -0.25) is 0 Å². The number of hydrogen-bond donors (Lipinski definition) is 0. The molecular weight excluding hydrogens is 227 g/mol. The summed E-state index contributed by atoms with van der Waals surface area (Å²) in [7, 11) is 0. The molecule has 0 aliphatic heterocycles. The van der Waals surface area contributed by atoms with Crippen LogP contribution in [0.15, 0.2) is 18.2 Å². The number of halogens is 2. The van der Waals surface area contributed by atoms with E-state index in [4.69, 9.17) is 23.2 Å². The van der Waals surface area contributed by atoms with Gasteiger partial charge < -0.3 is 0 Å². The van der Waals surface area contributed by atoms with Crippen LogP contribution in [0.2, 0.25) is 10.0 Å². The van der Waals surface area contributed by atoms with Crippen LogP contribution in [0.4, 0.5) is 0 Å². The molecule has 0 aliphatic rings. The molecule has 0 heterocycles. The first kappa shape index (κ1) is 12.9. The first-order chi connectivity index (χ1) is 6.79. The Hall–Kier alpha value is -0.200. The van der Waals surface area contributed by atoms with Crippen LogP contribution in [0.5, 0.6) is 0 Å². The van der Waals surface area contributed by atoms with E-state index in [1.54, 1.807) is 0 Å². The molecular formula is C13H18Cl2. The molecule has 0 aromatic heterocycles. The fraction of sp³-hybridized carbons (Fsp3) is 0.538. The Labute approximate surface area is 103 Å². The molecule has 0 unspecified atom stereocenters. The second-order valence-corrected chi connectivity index (χ2v) is 6.15. The van der Waals surface area contributed by atoms with Crippen LogP contribution in [0.3, 0.4) is 0 Å². The van der Waals surface area contributed by atoms with Crippen molar-refractivity contribution in [3.63, 3.8) is 0 Å². The molecule has 0 nitrogen and oxygen atoms in total. The molecule has 0 radical (unpaired) electrons. The molecule has 0 saturated carbocycles. The molecule has 2 heteroatoms. The zero-order chi connectivity index (χ0) is 11.6. The zero-order valence-electron chi connectivity index (χ0n) is 9.77. The van der Waals surface area contributed by atoms with Crippen LogP contribution in [0.25, 0.3) is 0 Å². The summed E-state index contributed by atoms with van der Waals surface area (Å²) in [6, 6.07) is 5.91. The standard InChI is InChI=1S/C13H18Cl2/c1-9(8-13(2,3)4)10-5-6-11(14)12(15)7-10/h5-7,9H,8H2,1-4H3/t9-/m1/s1. The second kappa shape index (κ2) is 4.76. The van der Waals surface area contributed by atoms with Crippen molar-refractivity contribution in [2.24, 2.45) is 5.41 Å². The van der Waals surface area contributed by atoms with Gasteiger partial charge >= 0.3 is 0 Å². The number of hydrogen-bond acceptors (Lipinski definition) is 0. The topological polar surface area (TPSA) is 0 Å². The minimum atomic E-state index is 0.339. The Bertz CT molecular complexity index is 337. The lowest BCUT2D eigenvalue weighted by atomic mass is 9.82. The van der Waals surface area contributed by atoms with Gasteiger partial charge in [0.25, 0.3) is 0 Å². The minimum absolute atomic E-state index is 0.339. The fourth-order valence-corrected chi connectivity index (χ4v) is 2.16. The van der Waals surface area contributed by atoms with Crippen LogP contribution in [0.1, 0.15) is 45.6 Å². The number of benzene rings is 1. The minimum Gasteiger partial charge on any atom is -0.0827 e. The maximum Gasteiger partial charge on any atom is 0.0595 e. The van der Waals surface area contributed by atoms with Crippen molar-refractivity contribution in [1.82, 2.24) is 0 Å². The largest absolute Gasteiger partial charge is 0.0827 e. The predicted molar refractivity (Wildman–Crippen MR) is 68.9 cm³/mol. The van der Waals surface area contributed by atoms with Crippen molar-refractivity contribution >= 4 is 23.2 Å². The average Bonchev–Trinajstić information content (AvgIpc) is 2.06. The van der Waals surface area contributed by atoms with Crippen LogP contribution in [-0.2, 0) is 0 Å². The van der Waals surface area contributed by atoms with Crippen LogP contribution in [0, 0.1) is 5.41 Å². The molecule has 84 valence electrons. The third kappa shape index (κ3) is 4.04. The smallest absolute Gasteiger partial charge is 0.0595 e. The van der Waals surface area contributed by atoms with Crippen molar-refractivity contribution < 1.29 is 0 Å². The van der Waals surface area contributed by atoms with E-state index in [2.05, 4.69) is 33.8 Å². The van der Waals surface area contributed by atoms with Gasteiger partial charge in [0.15, 0.2) is 0 Å². The van der Waals surface area contributed by atoms with E-state index in [9.17, 15) is 0 Å². The van der Waals surface area contributed by atoms with E-state index in [0.29, 0.717) is 21.4 Å². The van der Waals surface area contributed by atoms with Crippen molar-refractivity contribution in [2.45, 2.75) is 40.0 Å². The molecule has 1 aromatic carbocycles. The van der Waals surface area contributed by atoms with Crippen LogP contribution < -0.4 is 0 Å². The van der Waals surface area contributed by atoms with E-state index >= 15 is 0 Å². The lowest BCUT2D eigenvalue weighted by Gasteiger charge is -2.23. The molecule has 1 rings (SSSR count). The summed E-state index contributed by atoms with van der Waals surface area (Å²) in [5, 5.41) is 1.28. The Morgan fingerprint density at radius 3 is 2.20 bits per heavy atom. The molecule has 0 N–H and O–H groups in total. The van der Waals surface area contributed by atoms with E-state index in [1.165, 1.54) is 5.56 Å². The normalized spacial score (nSPS) is 14.0. The maximum absolute atomic E-state index is 6.00. The van der Waals surface area contributed by atoms with E-state index in [1.807, 2.05) is 12.1 Å². The lowest BCUT2D eigenvalue weighted by molar-refractivity contribution is 0.349. The average molecular weight is 245 g/mol. The summed E-state index contributed by atoms with van der Waals surface area (Å²) in [4.78, 5) is 0. The maximum atomic E-state index is 6.00. The van der Waals surface area contributed by atoms with Gasteiger partial charge in [0.1, 0.15) is 0 Å². The van der Waals surface area contributed by atoms with Gasteiger partial charge in [-0.15, -0.1) is 0 Å². The van der Waals surface area contributed by atoms with Crippen LogP contribution >= 0.6 is 23.2 Å². The van der Waals surface area contributed by atoms with Gasteiger partial charge in [-0.25, -0.2) is 0 Å². The summed E-state index contributed by atoms with van der Waals surface area (Å²) < 4.78 is 0. The van der Waals surface area contributed by atoms with E-state index in [0.717, 1.165) is 6.42 Å². The molecule has 0 saturated heterocycles. The van der Waals surface area contributed by atoms with Crippen molar-refractivity contribution in [2.75, 3.05) is 0 Å². The van der Waals surface area contributed by atoms with Gasteiger partial charge in [-0.1, -0.05) is 57.0 Å². The highest BCUT2D eigenvalue weighted by Crippen LogP contribution is 2.33. The Kier molecular flexibility index (Phi) is 4.08. The molecule has 0 amide bonds. The quantitative estimate of drug-likeness (QED) is 0.642. The van der Waals surface area contributed by atoms with Crippen LogP contribution in [-0.4, -0.2) is 0 Å². The highest BCUT2D eigenvalue weighted by Gasteiger charge is 2.17. The predicted octanol–water partition coefficient (Wildman–Crippen LogP) is 5.53. The van der Waals surface area contributed by atoms with E-state index in [-0.39, 0.29) is 0 Å². The highest BCUT2D eigenvalue weighted by molar-refractivity contribution is 6.42. The van der Waals surface area contributed by atoms with Gasteiger partial charge in [-0.2, -0.15) is 0 Å². The van der Waals surface area contributed by atoms with Gasteiger partial charge in [0, 0.05) is 0 Å². The summed E-state index contributed by atoms with van der Waals surface area (Å²) >= 11 is 11.9. The third-order valence-corrected chi connectivity index (χ3v) is 3.17. The SMILES string of the molecule is C[C@H](CC(C)(C)C)c1ccc(Cl)c(Cl)c1. The second-order valence-electron chi connectivity index (χ2n) is 5.34. The van der Waals surface area contributed by atoms with Crippen molar-refractivity contribution in [1.29, 1.82) is 0 Å². The summed E-state index contributed by atoms with van der Waals surface area (Å²) in [5.41, 5.74) is 1.60. The van der Waals surface area contributed by atoms with E-state index < -0.39 is 0 Å². The lowest BCUT2D eigenvalue weighted by Crippen LogP contribution is -2.09. The molecule has 1 atom stereocenters. The molecule has 0 spiro atoms. The monoisotopic (exact) mass is 244 g/mol.